The van der Waals surface area contributed by atoms with Gasteiger partial charge in [0, 0.05) is 18.1 Å². The molecule has 1 saturated heterocycles. The van der Waals surface area contributed by atoms with Crippen LogP contribution < -0.4 is 0 Å². The lowest BCUT2D eigenvalue weighted by Gasteiger charge is -2.14. The van der Waals surface area contributed by atoms with Crippen molar-refractivity contribution >= 4 is 0 Å². The minimum Gasteiger partial charge on any atom is -0.288 e. The van der Waals surface area contributed by atoms with Crippen molar-refractivity contribution in [2.24, 2.45) is 0 Å². The molecule has 2 aliphatic rings. The zero-order chi connectivity index (χ0) is 10.3. The Morgan fingerprint density at radius 2 is 1.67 bits per heavy atom. The standard InChI is InChI=1S/C14H19N/c1-11(12-7-3-2-4-8-12)15-13-9-5-6-10-14(13)15/h2-4,7-8,11,13-14H,5-6,9-10H2,1H3/t11-,13?,14?,15?/m1/s1. The van der Waals surface area contributed by atoms with Gasteiger partial charge in [-0.2, -0.15) is 0 Å². The van der Waals surface area contributed by atoms with Crippen LogP contribution in [-0.4, -0.2) is 17.0 Å². The number of hydrogen-bond acceptors (Lipinski definition) is 1. The van der Waals surface area contributed by atoms with Crippen molar-refractivity contribution in [3.63, 3.8) is 0 Å². The monoisotopic (exact) mass is 201 g/mol. The van der Waals surface area contributed by atoms with Crippen LogP contribution in [0.1, 0.15) is 44.2 Å². The third-order valence-corrected chi connectivity index (χ3v) is 4.10. The SMILES string of the molecule is C[C@H](c1ccccc1)N1C2CCCCC21. The highest BCUT2D eigenvalue weighted by Crippen LogP contribution is 2.46. The van der Waals surface area contributed by atoms with Crippen LogP contribution >= 0.6 is 0 Å². The van der Waals surface area contributed by atoms with Gasteiger partial charge in [0.25, 0.3) is 0 Å². The van der Waals surface area contributed by atoms with E-state index in [1.165, 1.54) is 31.2 Å². The Labute approximate surface area is 92.1 Å². The van der Waals surface area contributed by atoms with Crippen LogP contribution in [0.5, 0.6) is 0 Å². The highest BCUT2D eigenvalue weighted by molar-refractivity contribution is 5.22. The summed E-state index contributed by atoms with van der Waals surface area (Å²) in [4.78, 5) is 2.71. The van der Waals surface area contributed by atoms with Crippen molar-refractivity contribution < 1.29 is 0 Å². The van der Waals surface area contributed by atoms with Crippen LogP contribution in [0.3, 0.4) is 0 Å². The lowest BCUT2D eigenvalue weighted by atomic mass is 10.0. The van der Waals surface area contributed by atoms with Gasteiger partial charge in [0.15, 0.2) is 0 Å². The molecule has 1 heterocycles. The summed E-state index contributed by atoms with van der Waals surface area (Å²) in [6.07, 6.45) is 5.75. The fraction of sp³-hybridized carbons (Fsp3) is 0.571. The van der Waals surface area contributed by atoms with Gasteiger partial charge in [-0.1, -0.05) is 43.2 Å². The third kappa shape index (κ3) is 1.59. The van der Waals surface area contributed by atoms with Gasteiger partial charge in [-0.05, 0) is 25.3 Å². The summed E-state index contributed by atoms with van der Waals surface area (Å²) in [5.74, 6) is 0. The van der Waals surface area contributed by atoms with Gasteiger partial charge in [0.1, 0.15) is 0 Å². The van der Waals surface area contributed by atoms with E-state index < -0.39 is 0 Å². The topological polar surface area (TPSA) is 3.01 Å². The summed E-state index contributed by atoms with van der Waals surface area (Å²) in [6.45, 7) is 2.35. The predicted molar refractivity (Wildman–Crippen MR) is 62.7 cm³/mol. The average Bonchev–Trinajstić information content (AvgIpc) is 3.03. The molecule has 1 heteroatoms. The molecule has 80 valence electrons. The second-order valence-electron chi connectivity index (χ2n) is 4.95. The summed E-state index contributed by atoms with van der Waals surface area (Å²) in [6, 6.07) is 13.4. The molecule has 0 bridgehead atoms. The highest BCUT2D eigenvalue weighted by Gasteiger charge is 2.50. The highest BCUT2D eigenvalue weighted by atomic mass is 15.4. The number of likely N-dealkylation sites (tertiary alicyclic amines) is 1. The Kier molecular flexibility index (Phi) is 2.28. The van der Waals surface area contributed by atoms with Gasteiger partial charge in [0.2, 0.25) is 0 Å². The van der Waals surface area contributed by atoms with E-state index >= 15 is 0 Å². The van der Waals surface area contributed by atoms with Gasteiger partial charge in [-0.3, -0.25) is 4.90 Å². The number of benzene rings is 1. The molecule has 1 nitrogen and oxygen atoms in total. The number of nitrogens with zero attached hydrogens (tertiary/aromatic N) is 1. The molecule has 1 aromatic rings. The van der Waals surface area contributed by atoms with Crippen LogP contribution in [0.15, 0.2) is 30.3 Å². The molecule has 15 heavy (non-hydrogen) atoms. The van der Waals surface area contributed by atoms with Crippen molar-refractivity contribution in [1.29, 1.82) is 0 Å². The summed E-state index contributed by atoms with van der Waals surface area (Å²) in [5.41, 5.74) is 1.48. The second kappa shape index (κ2) is 3.64. The summed E-state index contributed by atoms with van der Waals surface area (Å²) < 4.78 is 0. The van der Waals surface area contributed by atoms with Crippen molar-refractivity contribution in [3.8, 4) is 0 Å². The van der Waals surface area contributed by atoms with Gasteiger partial charge in [0.05, 0.1) is 0 Å². The fourth-order valence-corrected chi connectivity index (χ4v) is 3.22. The molecular weight excluding hydrogens is 182 g/mol. The van der Waals surface area contributed by atoms with E-state index in [4.69, 9.17) is 0 Å². The van der Waals surface area contributed by atoms with E-state index in [2.05, 4.69) is 42.2 Å². The van der Waals surface area contributed by atoms with Gasteiger partial charge in [-0.25, -0.2) is 0 Å². The Morgan fingerprint density at radius 3 is 2.27 bits per heavy atom. The first kappa shape index (κ1) is 9.41. The van der Waals surface area contributed by atoms with E-state index in [-0.39, 0.29) is 0 Å². The summed E-state index contributed by atoms with van der Waals surface area (Å²) >= 11 is 0. The molecule has 3 atom stereocenters. The molecule has 1 aromatic carbocycles. The molecule has 3 rings (SSSR count). The second-order valence-corrected chi connectivity index (χ2v) is 4.95. The summed E-state index contributed by atoms with van der Waals surface area (Å²) in [7, 11) is 0. The Hall–Kier alpha value is -0.820. The van der Waals surface area contributed by atoms with Crippen LogP contribution in [0, 0.1) is 0 Å². The molecule has 1 saturated carbocycles. The van der Waals surface area contributed by atoms with E-state index in [1.54, 1.807) is 0 Å². The Morgan fingerprint density at radius 1 is 1.07 bits per heavy atom. The summed E-state index contributed by atoms with van der Waals surface area (Å²) in [5, 5.41) is 0. The van der Waals surface area contributed by atoms with Gasteiger partial charge < -0.3 is 0 Å². The normalized spacial score (nSPS) is 35.7. The number of hydrogen-bond donors (Lipinski definition) is 0. The van der Waals surface area contributed by atoms with E-state index in [1.807, 2.05) is 0 Å². The third-order valence-electron chi connectivity index (χ3n) is 4.10. The largest absolute Gasteiger partial charge is 0.288 e. The first-order valence-corrected chi connectivity index (χ1v) is 6.20. The smallest absolute Gasteiger partial charge is 0.0327 e. The molecule has 2 unspecified atom stereocenters. The lowest BCUT2D eigenvalue weighted by molar-refractivity contribution is 0.383. The molecule has 0 spiro atoms. The quantitative estimate of drug-likeness (QED) is 0.663. The van der Waals surface area contributed by atoms with Gasteiger partial charge in [-0.15, -0.1) is 0 Å². The van der Waals surface area contributed by atoms with Crippen LogP contribution in [-0.2, 0) is 0 Å². The fourth-order valence-electron chi connectivity index (χ4n) is 3.22. The molecule has 0 radical (unpaired) electrons. The van der Waals surface area contributed by atoms with Crippen LogP contribution in [0.4, 0.5) is 0 Å². The number of fused-ring (bicyclic) bond motifs is 1. The molecule has 1 aliphatic heterocycles. The van der Waals surface area contributed by atoms with Crippen molar-refractivity contribution in [2.45, 2.75) is 50.7 Å². The van der Waals surface area contributed by atoms with Crippen molar-refractivity contribution in [1.82, 2.24) is 4.90 Å². The van der Waals surface area contributed by atoms with E-state index in [0.717, 1.165) is 12.1 Å². The zero-order valence-corrected chi connectivity index (χ0v) is 9.39. The predicted octanol–water partition coefficient (Wildman–Crippen LogP) is 3.37. The maximum absolute atomic E-state index is 2.71. The van der Waals surface area contributed by atoms with E-state index in [0.29, 0.717) is 6.04 Å². The van der Waals surface area contributed by atoms with Crippen LogP contribution in [0.25, 0.3) is 0 Å². The first-order valence-electron chi connectivity index (χ1n) is 6.20. The zero-order valence-electron chi connectivity index (χ0n) is 9.39. The minimum absolute atomic E-state index is 0.624. The maximum atomic E-state index is 2.71. The first-order chi connectivity index (χ1) is 7.38. The molecule has 1 aliphatic carbocycles. The Bertz CT molecular complexity index is 320. The van der Waals surface area contributed by atoms with Gasteiger partial charge >= 0.3 is 0 Å². The van der Waals surface area contributed by atoms with E-state index in [9.17, 15) is 0 Å². The molecular formula is C14H19N. The average molecular weight is 201 g/mol. The van der Waals surface area contributed by atoms with Crippen LogP contribution in [0.2, 0.25) is 0 Å². The van der Waals surface area contributed by atoms with Crippen molar-refractivity contribution in [2.75, 3.05) is 0 Å². The lowest BCUT2D eigenvalue weighted by Crippen LogP contribution is -2.08. The van der Waals surface area contributed by atoms with Crippen molar-refractivity contribution in [3.05, 3.63) is 35.9 Å². The Balaban J connectivity index is 1.74. The molecule has 0 amide bonds. The number of rotatable bonds is 2. The molecule has 2 fully saturated rings. The minimum atomic E-state index is 0.624. The molecule has 0 aromatic heterocycles. The maximum Gasteiger partial charge on any atom is 0.0327 e. The molecule has 0 N–H and O–H groups in total.